The molecule has 126 valence electrons. The highest BCUT2D eigenvalue weighted by Crippen LogP contribution is 2.16. The Kier molecular flexibility index (Phi) is 4.95. The van der Waals surface area contributed by atoms with Crippen molar-refractivity contribution >= 4 is 40.0 Å². The molecule has 1 amide bonds. The summed E-state index contributed by atoms with van der Waals surface area (Å²) in [5.41, 5.74) is 1.56. The van der Waals surface area contributed by atoms with E-state index in [0.717, 1.165) is 11.8 Å². The summed E-state index contributed by atoms with van der Waals surface area (Å²) >= 11 is 1.15. The van der Waals surface area contributed by atoms with Crippen LogP contribution in [0.15, 0.2) is 58.5 Å². The summed E-state index contributed by atoms with van der Waals surface area (Å²) in [5.74, 6) is -0.147. The van der Waals surface area contributed by atoms with Gasteiger partial charge in [-0.2, -0.15) is 0 Å². The number of para-hydroxylation sites is 1. The van der Waals surface area contributed by atoms with Gasteiger partial charge >= 0.3 is 0 Å². The molecule has 0 fully saturated rings. The Labute approximate surface area is 147 Å². The number of hydrogen-bond acceptors (Lipinski definition) is 5. The van der Waals surface area contributed by atoms with Gasteiger partial charge in [0.05, 0.1) is 16.7 Å². The van der Waals surface area contributed by atoms with Crippen molar-refractivity contribution < 1.29 is 9.59 Å². The SMILES string of the molecule is CC(=O)c1ccc(NC(=O)CSc2nc3ccccc3c(=O)[nH]2)cc1. The first-order valence-corrected chi connectivity index (χ1v) is 8.54. The first-order chi connectivity index (χ1) is 12.0. The largest absolute Gasteiger partial charge is 0.325 e. The van der Waals surface area contributed by atoms with E-state index < -0.39 is 0 Å². The van der Waals surface area contributed by atoms with Crippen molar-refractivity contribution in [2.45, 2.75) is 12.1 Å². The van der Waals surface area contributed by atoms with Gasteiger partial charge in [0, 0.05) is 11.3 Å². The lowest BCUT2D eigenvalue weighted by atomic mass is 10.1. The maximum absolute atomic E-state index is 12.0. The molecule has 0 bridgehead atoms. The van der Waals surface area contributed by atoms with Gasteiger partial charge in [0.15, 0.2) is 10.9 Å². The molecule has 3 aromatic rings. The first-order valence-electron chi connectivity index (χ1n) is 7.55. The number of benzene rings is 2. The number of Topliss-reactive ketones (excluding diaryl/α,β-unsaturated/α-hetero) is 1. The van der Waals surface area contributed by atoms with E-state index >= 15 is 0 Å². The number of thioether (sulfide) groups is 1. The Bertz CT molecular complexity index is 996. The summed E-state index contributed by atoms with van der Waals surface area (Å²) in [6, 6.07) is 13.7. The quantitative estimate of drug-likeness (QED) is 0.418. The monoisotopic (exact) mass is 353 g/mol. The molecule has 0 saturated carbocycles. The van der Waals surface area contributed by atoms with E-state index in [1.54, 1.807) is 48.5 Å². The maximum atomic E-state index is 12.0. The molecule has 0 saturated heterocycles. The molecule has 1 heterocycles. The topological polar surface area (TPSA) is 91.9 Å². The summed E-state index contributed by atoms with van der Waals surface area (Å²) in [4.78, 5) is 42.3. The fraction of sp³-hybridized carbons (Fsp3) is 0.111. The number of amides is 1. The number of carbonyl (C=O) groups excluding carboxylic acids is 2. The fourth-order valence-electron chi connectivity index (χ4n) is 2.25. The average Bonchev–Trinajstić information content (AvgIpc) is 2.60. The van der Waals surface area contributed by atoms with Crippen LogP contribution in [0.25, 0.3) is 10.9 Å². The van der Waals surface area contributed by atoms with Crippen LogP contribution < -0.4 is 10.9 Å². The molecule has 6 nitrogen and oxygen atoms in total. The Balaban J connectivity index is 1.64. The lowest BCUT2D eigenvalue weighted by Gasteiger charge is -2.06. The van der Waals surface area contributed by atoms with Crippen molar-refractivity contribution in [3.05, 3.63) is 64.4 Å². The van der Waals surface area contributed by atoms with Crippen LogP contribution in [0.4, 0.5) is 5.69 Å². The highest BCUT2D eigenvalue weighted by atomic mass is 32.2. The van der Waals surface area contributed by atoms with Crippen molar-refractivity contribution in [3.63, 3.8) is 0 Å². The third-order valence-corrected chi connectivity index (χ3v) is 4.38. The van der Waals surface area contributed by atoms with Crippen LogP contribution >= 0.6 is 11.8 Å². The molecule has 25 heavy (non-hydrogen) atoms. The zero-order valence-corrected chi connectivity index (χ0v) is 14.2. The summed E-state index contributed by atoms with van der Waals surface area (Å²) in [5, 5.41) is 3.65. The third kappa shape index (κ3) is 4.13. The number of anilines is 1. The van der Waals surface area contributed by atoms with Crippen LogP contribution in [0, 0.1) is 0 Å². The molecule has 0 atom stereocenters. The number of hydrogen-bond donors (Lipinski definition) is 2. The predicted octanol–water partition coefficient (Wildman–Crippen LogP) is 2.86. The molecule has 0 unspecified atom stereocenters. The zero-order chi connectivity index (χ0) is 17.8. The number of nitrogens with zero attached hydrogens (tertiary/aromatic N) is 1. The van der Waals surface area contributed by atoms with Crippen LogP contribution in [0.1, 0.15) is 17.3 Å². The first kappa shape index (κ1) is 16.9. The highest BCUT2D eigenvalue weighted by molar-refractivity contribution is 7.99. The zero-order valence-electron chi connectivity index (χ0n) is 13.4. The van der Waals surface area contributed by atoms with E-state index in [1.165, 1.54) is 6.92 Å². The van der Waals surface area contributed by atoms with Gasteiger partial charge in [-0.25, -0.2) is 4.98 Å². The summed E-state index contributed by atoms with van der Waals surface area (Å²) in [6.07, 6.45) is 0. The number of rotatable bonds is 5. The van der Waals surface area contributed by atoms with Gasteiger partial charge in [-0.15, -0.1) is 0 Å². The van der Waals surface area contributed by atoms with Crippen molar-refractivity contribution in [1.82, 2.24) is 9.97 Å². The molecule has 0 aliphatic carbocycles. The van der Waals surface area contributed by atoms with Gasteiger partial charge in [0.25, 0.3) is 5.56 Å². The molecule has 0 radical (unpaired) electrons. The van der Waals surface area contributed by atoms with Crippen molar-refractivity contribution in [2.75, 3.05) is 11.1 Å². The highest BCUT2D eigenvalue weighted by Gasteiger charge is 2.08. The van der Waals surface area contributed by atoms with Crippen LogP contribution in [0.3, 0.4) is 0 Å². The number of carbonyl (C=O) groups is 2. The molecule has 3 rings (SSSR count). The van der Waals surface area contributed by atoms with Crippen LogP contribution in [0.2, 0.25) is 0 Å². The van der Waals surface area contributed by atoms with E-state index in [9.17, 15) is 14.4 Å². The molecule has 0 aliphatic rings. The minimum absolute atomic E-state index is 0.0280. The minimum atomic E-state index is -0.228. The summed E-state index contributed by atoms with van der Waals surface area (Å²) in [7, 11) is 0. The Morgan fingerprint density at radius 3 is 2.56 bits per heavy atom. The molecule has 7 heteroatoms. The number of ketones is 1. The van der Waals surface area contributed by atoms with Crippen LogP contribution in [-0.2, 0) is 4.79 Å². The van der Waals surface area contributed by atoms with Crippen LogP contribution in [0.5, 0.6) is 0 Å². The van der Waals surface area contributed by atoms with E-state index in [0.29, 0.717) is 27.3 Å². The molecule has 2 aromatic carbocycles. The smallest absolute Gasteiger partial charge is 0.259 e. The average molecular weight is 353 g/mol. The minimum Gasteiger partial charge on any atom is -0.325 e. The van der Waals surface area contributed by atoms with Gasteiger partial charge in [-0.1, -0.05) is 23.9 Å². The molecular formula is C18H15N3O3S. The van der Waals surface area contributed by atoms with Crippen molar-refractivity contribution in [1.29, 1.82) is 0 Å². The third-order valence-electron chi connectivity index (χ3n) is 3.51. The maximum Gasteiger partial charge on any atom is 0.259 e. The number of H-pyrrole nitrogens is 1. The summed E-state index contributed by atoms with van der Waals surface area (Å²) in [6.45, 7) is 1.49. The molecule has 2 N–H and O–H groups in total. The second kappa shape index (κ2) is 7.31. The Morgan fingerprint density at radius 1 is 1.12 bits per heavy atom. The second-order valence-corrected chi connectivity index (χ2v) is 6.32. The van der Waals surface area contributed by atoms with Crippen LogP contribution in [-0.4, -0.2) is 27.4 Å². The molecule has 1 aromatic heterocycles. The Hall–Kier alpha value is -2.93. The van der Waals surface area contributed by atoms with Gasteiger partial charge in [0.2, 0.25) is 5.91 Å². The lowest BCUT2D eigenvalue weighted by Crippen LogP contribution is -2.15. The number of fused-ring (bicyclic) bond motifs is 1. The van der Waals surface area contributed by atoms with E-state index in [2.05, 4.69) is 15.3 Å². The van der Waals surface area contributed by atoms with Gasteiger partial charge < -0.3 is 10.3 Å². The molecule has 0 spiro atoms. The lowest BCUT2D eigenvalue weighted by molar-refractivity contribution is -0.113. The number of aromatic amines is 1. The summed E-state index contributed by atoms with van der Waals surface area (Å²) < 4.78 is 0. The second-order valence-electron chi connectivity index (χ2n) is 5.36. The van der Waals surface area contributed by atoms with E-state index in [1.807, 2.05) is 0 Å². The van der Waals surface area contributed by atoms with Gasteiger partial charge in [-0.3, -0.25) is 14.4 Å². The Morgan fingerprint density at radius 2 is 1.84 bits per heavy atom. The number of aromatic nitrogens is 2. The van der Waals surface area contributed by atoms with E-state index in [-0.39, 0.29) is 23.0 Å². The standard InChI is InChI=1S/C18H15N3O3S/c1-11(22)12-6-8-13(9-7-12)19-16(23)10-25-18-20-15-5-3-2-4-14(15)17(24)21-18/h2-9H,10H2,1H3,(H,19,23)(H,20,21,24). The predicted molar refractivity (Wildman–Crippen MR) is 98.2 cm³/mol. The van der Waals surface area contributed by atoms with Crippen molar-refractivity contribution in [3.8, 4) is 0 Å². The number of nitrogens with one attached hydrogen (secondary N) is 2. The van der Waals surface area contributed by atoms with Crippen molar-refractivity contribution in [2.24, 2.45) is 0 Å². The molecule has 0 aliphatic heterocycles. The molecular weight excluding hydrogens is 338 g/mol. The van der Waals surface area contributed by atoms with E-state index in [4.69, 9.17) is 0 Å². The van der Waals surface area contributed by atoms with Gasteiger partial charge in [0.1, 0.15) is 0 Å². The van der Waals surface area contributed by atoms with Gasteiger partial charge in [-0.05, 0) is 43.3 Å². The fourth-order valence-corrected chi connectivity index (χ4v) is 2.92. The normalized spacial score (nSPS) is 10.6.